The first-order chi connectivity index (χ1) is 65.2. The molecule has 0 aliphatic carbocycles. The van der Waals surface area contributed by atoms with E-state index in [2.05, 4.69) is 84.2 Å². The lowest BCUT2D eigenvalue weighted by Crippen LogP contribution is -2.37. The van der Waals surface area contributed by atoms with Crippen LogP contribution < -0.4 is 45.6 Å². The normalized spacial score (nSPS) is 18.3. The number of nitrogens with one attached hydrogen (secondary N) is 4. The molecule has 0 amide bonds. The predicted molar refractivity (Wildman–Crippen MR) is 530 cm³/mol. The molecular formula is C101H105F5N18O7S5. The number of thiazole rings is 1. The average Bonchev–Trinajstić information content (AvgIpc) is 1.61. The van der Waals surface area contributed by atoms with E-state index in [-0.39, 0.29) is 49.9 Å². The molecule has 0 saturated carbocycles. The number of piperidine rings is 4. The van der Waals surface area contributed by atoms with Gasteiger partial charge in [-0.05, 0) is 220 Å². The van der Waals surface area contributed by atoms with Gasteiger partial charge in [0.25, 0.3) is 0 Å². The van der Waals surface area contributed by atoms with Gasteiger partial charge in [0.05, 0.1) is 108 Å². The zero-order valence-corrected chi connectivity index (χ0v) is 77.9. The standard InChI is InChI=1S/C25H23F2N5OS.C25H24FN5OS2.C25H25FN4O3S.C24H25FN4O2S.2CH4/c26-17-2-1-3-19(13-17)29-24-23-21(8-11-34(23)33)30-25(31-24)32-9-6-15(7-10-32)22-20-5-4-18(27)12-16(20)14-28-22;1-15-5-6-21-20(13-15)28-24(33-21)16-7-10-31(11-8-16)25-29-19-9-12-34(32)22(19)23(30-25)27-18-4-2-3-17(26)14-18;1-33-24(31)18-5-2-4-17(14-18)16-8-11-30(12-9-16)25-28-21-10-13-34(32)22(21)23(29-25)27-20-7-3-6-19(26)15-20;1-31-20-7-5-16(6-8-20)17-9-12-29(13-10-17)24-27-21-11-14-32(30)22(21)23(28-24)26-19-4-2-3-18(25)15-19;;/h1-5,12-13,15H,6-11,14H2,(H,29,30,31);2-6,13-14,16H,7-12H2,1H3,(H,27,29,30);2-7,14-16H,8-13H2,1H3,(H,27,28,29);2-8,15,17H,9-14H2,1H3,(H,26,27,28);2*1H4. The molecule has 0 radical (unpaired) electrons. The van der Waals surface area contributed by atoms with Crippen molar-refractivity contribution in [1.82, 2.24) is 44.9 Å². The molecule has 4 atom stereocenters. The molecule has 35 heteroatoms. The Balaban J connectivity index is 0.000000125. The summed E-state index contributed by atoms with van der Waals surface area (Å²) in [6.45, 7) is 9.05. The number of aromatic nitrogens is 9. The number of aliphatic imine (C=N–C) groups is 1. The van der Waals surface area contributed by atoms with Crippen LogP contribution >= 0.6 is 11.3 Å². The summed E-state index contributed by atoms with van der Waals surface area (Å²) in [7, 11) is -1.58. The van der Waals surface area contributed by atoms with E-state index in [0.717, 1.165) is 160 Å². The molecule has 5 aromatic heterocycles. The van der Waals surface area contributed by atoms with Crippen LogP contribution in [0.25, 0.3) is 10.2 Å². The highest BCUT2D eigenvalue weighted by atomic mass is 32.2. The quantitative estimate of drug-likeness (QED) is 0.0458. The Morgan fingerprint density at radius 1 is 0.397 bits per heavy atom. The zero-order valence-electron chi connectivity index (χ0n) is 73.9. The number of aryl methyl sites for hydroxylation is 5. The fourth-order valence-electron chi connectivity index (χ4n) is 18.6. The third kappa shape index (κ3) is 21.5. The lowest BCUT2D eigenvalue weighted by Gasteiger charge is -2.32. The zero-order chi connectivity index (χ0) is 92.2. The van der Waals surface area contributed by atoms with Crippen LogP contribution in [-0.4, -0.2) is 163 Å². The highest BCUT2D eigenvalue weighted by molar-refractivity contribution is 7.86. The Morgan fingerprint density at radius 2 is 0.772 bits per heavy atom. The molecule has 0 spiro atoms. The van der Waals surface area contributed by atoms with Crippen LogP contribution in [0, 0.1) is 41.9 Å². The SMILES string of the molecule is C.C.COC(=O)c1cccc(C2CCN(c3nc4c(c(Nc5cccc(F)c5)n3)S(=O)CC4)CC2)c1.COc1ccc(C2CCN(c3nc4c(c(Nc5cccc(F)c5)n3)S(=O)CC4)CC2)cc1.Cc1ccc2sc(C3CCN(c4nc5c(c(Nc6cccc(F)c6)n4)S(=O)CC5)CC3)nc2c1.O=S1CCc2nc(N3CCC(C4=NCc5cc(F)ccc54)CC3)nc(Nc3cccc(F)c3)c21. The van der Waals surface area contributed by atoms with Gasteiger partial charge in [0.2, 0.25) is 23.8 Å². The number of halogens is 5. The molecule has 0 bridgehead atoms. The number of esters is 1. The summed E-state index contributed by atoms with van der Waals surface area (Å²) >= 11 is 1.80. The van der Waals surface area contributed by atoms with E-state index in [1.165, 1.54) is 82.5 Å². The van der Waals surface area contributed by atoms with E-state index in [1.54, 1.807) is 79.1 Å². The Kier molecular flexibility index (Phi) is 29.7. The van der Waals surface area contributed by atoms with Gasteiger partial charge in [-0.2, -0.15) is 19.9 Å². The molecule has 8 aromatic carbocycles. The number of fused-ring (bicyclic) bond motifs is 6. The van der Waals surface area contributed by atoms with E-state index in [0.29, 0.717) is 174 Å². The van der Waals surface area contributed by atoms with E-state index >= 15 is 0 Å². The molecule has 4 saturated heterocycles. The van der Waals surface area contributed by atoms with Crippen LogP contribution in [0.5, 0.6) is 5.75 Å². The Morgan fingerprint density at radius 3 is 1.16 bits per heavy atom. The molecule has 136 heavy (non-hydrogen) atoms. The van der Waals surface area contributed by atoms with Crippen molar-refractivity contribution in [1.29, 1.82) is 0 Å². The van der Waals surface area contributed by atoms with Gasteiger partial charge in [-0.1, -0.05) is 69.5 Å². The number of carbonyl (C=O) groups is 1. The maximum Gasteiger partial charge on any atom is 0.337 e. The van der Waals surface area contributed by atoms with Gasteiger partial charge >= 0.3 is 5.97 Å². The number of methoxy groups -OCH3 is 2. The van der Waals surface area contributed by atoms with Crippen LogP contribution in [-0.2, 0) is 80.2 Å². The molecular weight excluding hydrogens is 1830 g/mol. The van der Waals surface area contributed by atoms with Crippen molar-refractivity contribution in [3.8, 4) is 5.75 Å². The number of nitrogens with zero attached hydrogens (tertiary/aromatic N) is 14. The molecule has 14 heterocycles. The number of hydrogen-bond donors (Lipinski definition) is 4. The van der Waals surface area contributed by atoms with Crippen LogP contribution in [0.15, 0.2) is 207 Å². The third-order valence-corrected chi connectivity index (χ3v) is 32.6. The Bertz CT molecular complexity index is 6750. The van der Waals surface area contributed by atoms with Crippen molar-refractivity contribution >= 4 is 146 Å². The summed E-state index contributed by atoms with van der Waals surface area (Å²) < 4.78 is 130. The molecule has 25 nitrogen and oxygen atoms in total. The topological polar surface area (TPSA) is 293 Å². The molecule has 22 rings (SSSR count). The molecule has 4 fully saturated rings. The summed E-state index contributed by atoms with van der Waals surface area (Å²) in [6, 6.07) is 52.1. The Hall–Kier alpha value is -12.4. The molecule has 4 N–H and O–H groups in total. The van der Waals surface area contributed by atoms with Gasteiger partial charge in [0.15, 0.2) is 23.3 Å². The van der Waals surface area contributed by atoms with Crippen molar-refractivity contribution < 1.29 is 53.1 Å². The molecule has 4 unspecified atom stereocenters. The van der Waals surface area contributed by atoms with Crippen molar-refractivity contribution in [3.05, 3.63) is 272 Å². The number of ether oxygens (including phenoxy) is 2. The van der Waals surface area contributed by atoms with Gasteiger partial charge in [-0.3, -0.25) is 21.8 Å². The summed E-state index contributed by atoms with van der Waals surface area (Å²) in [4.78, 5) is 70.7. The van der Waals surface area contributed by atoms with Crippen molar-refractivity contribution in [2.24, 2.45) is 10.9 Å². The fourth-order valence-corrected chi connectivity index (χ4v) is 25.0. The van der Waals surface area contributed by atoms with E-state index in [1.807, 2.05) is 30.3 Å². The monoisotopic (exact) mass is 1940 g/mol. The minimum atomic E-state index is -1.18. The molecule has 9 aliphatic heterocycles. The predicted octanol–water partition coefficient (Wildman–Crippen LogP) is 19.6. The highest BCUT2D eigenvalue weighted by Gasteiger charge is 2.37. The third-order valence-electron chi connectivity index (χ3n) is 25.6. The van der Waals surface area contributed by atoms with Crippen molar-refractivity contribution in [3.63, 3.8) is 0 Å². The highest BCUT2D eigenvalue weighted by Crippen LogP contribution is 2.43. The molecule has 706 valence electrons. The van der Waals surface area contributed by atoms with E-state index in [4.69, 9.17) is 59.3 Å². The van der Waals surface area contributed by atoms with Crippen molar-refractivity contribution in [2.75, 3.05) is 130 Å². The van der Waals surface area contributed by atoms with Crippen LogP contribution in [0.3, 0.4) is 0 Å². The summed E-state index contributed by atoms with van der Waals surface area (Å²) in [5.74, 6) is 7.15. The first-order valence-corrected chi connectivity index (χ1v) is 51.1. The number of rotatable bonds is 18. The minimum absolute atomic E-state index is 0. The van der Waals surface area contributed by atoms with Gasteiger partial charge in [-0.15, -0.1) is 11.3 Å². The first kappa shape index (κ1) is 95.3. The molecule has 9 aliphatic rings. The largest absolute Gasteiger partial charge is 0.497 e. The van der Waals surface area contributed by atoms with E-state index in [9.17, 15) is 43.6 Å². The van der Waals surface area contributed by atoms with Gasteiger partial charge < -0.3 is 50.3 Å². The second-order valence-electron chi connectivity index (χ2n) is 34.3. The van der Waals surface area contributed by atoms with Crippen LogP contribution in [0.4, 0.5) is 91.8 Å². The lowest BCUT2D eigenvalue weighted by atomic mass is 9.88. The smallest absolute Gasteiger partial charge is 0.337 e. The first-order valence-electron chi connectivity index (χ1n) is 45.0. The second-order valence-corrected chi connectivity index (χ2v) is 41.4. The summed E-state index contributed by atoms with van der Waals surface area (Å²) in [5.41, 5.74) is 13.9. The molecule has 13 aromatic rings. The van der Waals surface area contributed by atoms with Gasteiger partial charge in [-0.25, -0.2) is 51.7 Å². The van der Waals surface area contributed by atoms with Gasteiger partial charge in [0.1, 0.15) is 54.4 Å². The summed E-state index contributed by atoms with van der Waals surface area (Å²) in [5, 5.41) is 13.9. The number of hydrogen-bond acceptors (Lipinski definition) is 26. The summed E-state index contributed by atoms with van der Waals surface area (Å²) in [6.07, 6.45) is 10.2. The number of anilines is 12. The second kappa shape index (κ2) is 42.4. The average molecular weight is 1940 g/mol. The Labute approximate surface area is 800 Å². The fraction of sp³-hybridized carbons (Fsp3) is 0.337. The minimum Gasteiger partial charge on any atom is -0.497 e. The van der Waals surface area contributed by atoms with Crippen LogP contribution in [0.1, 0.15) is 150 Å². The van der Waals surface area contributed by atoms with Gasteiger partial charge in [0, 0.05) is 147 Å². The maximum atomic E-state index is 13.7. The van der Waals surface area contributed by atoms with Crippen LogP contribution in [0.2, 0.25) is 0 Å². The van der Waals surface area contributed by atoms with E-state index < -0.39 is 43.2 Å². The maximum absolute atomic E-state index is 13.7. The van der Waals surface area contributed by atoms with Crippen molar-refractivity contribution in [2.45, 2.75) is 143 Å². The number of benzene rings is 8. The lowest BCUT2D eigenvalue weighted by molar-refractivity contribution is 0.0600. The number of carbonyl (C=O) groups excluding carboxylic acids is 1.